The molecule has 2 aromatic carbocycles. The number of ether oxygens (including phenoxy) is 1. The molecule has 2 aromatic heterocycles. The van der Waals surface area contributed by atoms with Crippen LogP contribution >= 0.6 is 0 Å². The number of carbonyl (C=O) groups excluding carboxylic acids is 1. The Morgan fingerprint density at radius 3 is 2.56 bits per heavy atom. The van der Waals surface area contributed by atoms with Crippen LogP contribution in [-0.4, -0.2) is 63.8 Å². The van der Waals surface area contributed by atoms with E-state index in [0.717, 1.165) is 49.8 Å². The first-order chi connectivity index (χ1) is 19.9. The third-order valence-corrected chi connectivity index (χ3v) is 8.66. The summed E-state index contributed by atoms with van der Waals surface area (Å²) in [7, 11) is 3.67. The van der Waals surface area contributed by atoms with Crippen molar-refractivity contribution in [2.75, 3.05) is 32.6 Å². The van der Waals surface area contributed by atoms with Crippen molar-refractivity contribution < 1.29 is 19.0 Å². The predicted octanol–water partition coefficient (Wildman–Crippen LogP) is 5.78. The van der Waals surface area contributed by atoms with Crippen LogP contribution in [0.5, 0.6) is 5.75 Å². The number of rotatable bonds is 6. The fraction of sp³-hybridized carbons (Fsp3) is 0.406. The molecule has 9 heteroatoms. The van der Waals surface area contributed by atoms with Crippen molar-refractivity contribution in [3.63, 3.8) is 0 Å². The number of para-hydroxylation sites is 1. The summed E-state index contributed by atoms with van der Waals surface area (Å²) < 4.78 is 23.2. The Morgan fingerprint density at radius 2 is 1.80 bits per heavy atom. The lowest BCUT2D eigenvalue weighted by Crippen LogP contribution is -2.29. The lowest BCUT2D eigenvalue weighted by molar-refractivity contribution is 0.101. The highest BCUT2D eigenvalue weighted by Gasteiger charge is 2.28. The van der Waals surface area contributed by atoms with Crippen LogP contribution in [0, 0.1) is 5.82 Å². The molecule has 1 saturated carbocycles. The van der Waals surface area contributed by atoms with Crippen LogP contribution in [-0.2, 0) is 0 Å². The Bertz CT molecular complexity index is 1550. The summed E-state index contributed by atoms with van der Waals surface area (Å²) in [5.41, 5.74) is 3.40. The van der Waals surface area contributed by atoms with Crippen LogP contribution in [0.4, 0.5) is 10.3 Å². The molecule has 8 nitrogen and oxygen atoms in total. The molecular weight excluding hydrogens is 521 g/mol. The van der Waals surface area contributed by atoms with E-state index in [0.29, 0.717) is 36.0 Å². The third kappa shape index (κ3) is 5.44. The summed E-state index contributed by atoms with van der Waals surface area (Å²) in [6.07, 6.45) is 6.24. The Hall–Kier alpha value is -3.82. The molecule has 0 spiro atoms. The molecule has 1 aliphatic heterocycles. The molecule has 1 amide bonds. The number of fused-ring (bicyclic) bond motifs is 1. The standard InChI is InChI=1S/C32H36FN5O3/c1-37-17-14-20(15-18-37)21-7-12-27-26(19-21)35-32(38(27)22-8-10-23(39)11-9-22)36-31(40)25-13-16-34-30(29(25)33)24-5-3-4-6-28(24)41-2/h3-7,12-13,16,19-20,22-23,39H,8-11,14-15,17-18H2,1-2H3,(H,35,36,40)/t22-,23+. The largest absolute Gasteiger partial charge is 0.496 e. The van der Waals surface area contributed by atoms with Crippen LogP contribution in [0.15, 0.2) is 54.7 Å². The molecule has 0 radical (unpaired) electrons. The van der Waals surface area contributed by atoms with Gasteiger partial charge in [0.25, 0.3) is 5.91 Å². The second-order valence-corrected chi connectivity index (χ2v) is 11.3. The average Bonchev–Trinajstić information content (AvgIpc) is 3.35. The van der Waals surface area contributed by atoms with Crippen molar-refractivity contribution in [3.05, 3.63) is 71.7 Å². The van der Waals surface area contributed by atoms with Gasteiger partial charge in [0.2, 0.25) is 5.95 Å². The van der Waals surface area contributed by atoms with Gasteiger partial charge >= 0.3 is 0 Å². The third-order valence-electron chi connectivity index (χ3n) is 8.66. The highest BCUT2D eigenvalue weighted by Crippen LogP contribution is 2.37. The Balaban J connectivity index is 1.36. The molecule has 1 saturated heterocycles. The molecule has 2 N–H and O–H groups in total. The SMILES string of the molecule is COc1ccccc1-c1nccc(C(=O)Nc2nc3cc(C4CCN(C)CC4)ccc3n2[C@H]2CC[C@@H](O)CC2)c1F. The first kappa shape index (κ1) is 27.4. The molecule has 2 aliphatic rings. The van der Waals surface area contributed by atoms with E-state index in [4.69, 9.17) is 9.72 Å². The van der Waals surface area contributed by atoms with Gasteiger partial charge in [-0.3, -0.25) is 15.1 Å². The molecule has 6 rings (SSSR count). The minimum Gasteiger partial charge on any atom is -0.496 e. The quantitative estimate of drug-likeness (QED) is 0.312. The number of piperidine rings is 1. The zero-order valence-corrected chi connectivity index (χ0v) is 23.5. The molecule has 214 valence electrons. The first-order valence-corrected chi connectivity index (χ1v) is 14.4. The minimum atomic E-state index is -0.720. The first-order valence-electron chi connectivity index (χ1n) is 14.4. The fourth-order valence-corrected chi connectivity index (χ4v) is 6.30. The van der Waals surface area contributed by atoms with E-state index in [2.05, 4.69) is 45.0 Å². The van der Waals surface area contributed by atoms with Crippen LogP contribution < -0.4 is 10.1 Å². The summed E-state index contributed by atoms with van der Waals surface area (Å²) in [4.78, 5) is 25.0. The van der Waals surface area contributed by atoms with Gasteiger partial charge in [0, 0.05) is 17.8 Å². The molecule has 0 bridgehead atoms. The Labute approximate surface area is 239 Å². The summed E-state index contributed by atoms with van der Waals surface area (Å²) in [6.45, 7) is 2.13. The van der Waals surface area contributed by atoms with Gasteiger partial charge in [-0.15, -0.1) is 0 Å². The second-order valence-electron chi connectivity index (χ2n) is 11.3. The second kappa shape index (κ2) is 11.6. The number of anilines is 1. The smallest absolute Gasteiger partial charge is 0.261 e. The van der Waals surface area contributed by atoms with E-state index < -0.39 is 11.7 Å². The van der Waals surface area contributed by atoms with E-state index in [-0.39, 0.29) is 23.4 Å². The van der Waals surface area contributed by atoms with Crippen molar-refractivity contribution in [1.29, 1.82) is 0 Å². The average molecular weight is 558 g/mol. The van der Waals surface area contributed by atoms with Crippen LogP contribution in [0.3, 0.4) is 0 Å². The van der Waals surface area contributed by atoms with Gasteiger partial charge in [0.05, 0.1) is 29.8 Å². The Kier molecular flexibility index (Phi) is 7.73. The lowest BCUT2D eigenvalue weighted by atomic mass is 9.89. The van der Waals surface area contributed by atoms with Gasteiger partial charge in [-0.1, -0.05) is 18.2 Å². The number of hydrogen-bond acceptors (Lipinski definition) is 6. The molecular formula is C32H36FN5O3. The topological polar surface area (TPSA) is 92.5 Å². The van der Waals surface area contributed by atoms with Gasteiger partial charge in [-0.2, -0.15) is 0 Å². The van der Waals surface area contributed by atoms with Crippen molar-refractivity contribution in [2.45, 2.75) is 56.6 Å². The van der Waals surface area contributed by atoms with Gasteiger partial charge in [0.15, 0.2) is 5.82 Å². The summed E-state index contributed by atoms with van der Waals surface area (Å²) in [6, 6.07) is 14.9. The zero-order chi connectivity index (χ0) is 28.5. The number of carbonyl (C=O) groups is 1. The number of imidazole rings is 1. The van der Waals surface area contributed by atoms with Crippen LogP contribution in [0.1, 0.15) is 66.4 Å². The summed E-state index contributed by atoms with van der Waals surface area (Å²) in [5.74, 6) is 0.0227. The highest BCUT2D eigenvalue weighted by molar-refractivity contribution is 6.05. The summed E-state index contributed by atoms with van der Waals surface area (Å²) in [5, 5.41) is 13.1. The van der Waals surface area contributed by atoms with Gasteiger partial charge < -0.3 is 19.3 Å². The number of halogens is 1. The molecule has 41 heavy (non-hydrogen) atoms. The number of aliphatic hydroxyl groups is 1. The fourth-order valence-electron chi connectivity index (χ4n) is 6.30. The van der Waals surface area contributed by atoms with Crippen molar-refractivity contribution in [3.8, 4) is 17.0 Å². The van der Waals surface area contributed by atoms with E-state index >= 15 is 4.39 Å². The molecule has 3 heterocycles. The number of hydrogen-bond donors (Lipinski definition) is 2. The number of pyridine rings is 1. The van der Waals surface area contributed by atoms with Crippen LogP contribution in [0.25, 0.3) is 22.3 Å². The molecule has 1 aliphatic carbocycles. The van der Waals surface area contributed by atoms with Gasteiger partial charge in [-0.25, -0.2) is 9.37 Å². The number of amides is 1. The van der Waals surface area contributed by atoms with Crippen LogP contribution in [0.2, 0.25) is 0 Å². The van der Waals surface area contributed by atoms with Crippen molar-refractivity contribution >= 4 is 22.9 Å². The molecule has 0 unspecified atom stereocenters. The van der Waals surface area contributed by atoms with Gasteiger partial charge in [0.1, 0.15) is 11.4 Å². The number of benzene rings is 2. The number of methoxy groups -OCH3 is 1. The van der Waals surface area contributed by atoms with E-state index in [9.17, 15) is 9.90 Å². The minimum absolute atomic E-state index is 0.0487. The Morgan fingerprint density at radius 1 is 1.05 bits per heavy atom. The normalized spacial score (nSPS) is 20.3. The highest BCUT2D eigenvalue weighted by atomic mass is 19.1. The monoisotopic (exact) mass is 557 g/mol. The molecule has 0 atom stereocenters. The maximum Gasteiger partial charge on any atom is 0.261 e. The molecule has 2 fully saturated rings. The zero-order valence-electron chi connectivity index (χ0n) is 23.5. The number of nitrogens with zero attached hydrogens (tertiary/aromatic N) is 4. The number of nitrogens with one attached hydrogen (secondary N) is 1. The lowest BCUT2D eigenvalue weighted by Gasteiger charge is -2.29. The number of aromatic nitrogens is 3. The van der Waals surface area contributed by atoms with Gasteiger partial charge in [-0.05, 0) is 100 Å². The summed E-state index contributed by atoms with van der Waals surface area (Å²) >= 11 is 0. The van der Waals surface area contributed by atoms with E-state index in [1.165, 1.54) is 24.9 Å². The maximum absolute atomic E-state index is 15.8. The van der Waals surface area contributed by atoms with E-state index in [1.807, 2.05) is 0 Å². The number of aliphatic hydroxyl groups excluding tert-OH is 1. The molecule has 4 aromatic rings. The number of likely N-dealkylation sites (tertiary alicyclic amines) is 1. The van der Waals surface area contributed by atoms with Crippen molar-refractivity contribution in [2.24, 2.45) is 0 Å². The van der Waals surface area contributed by atoms with E-state index in [1.54, 1.807) is 24.3 Å². The van der Waals surface area contributed by atoms with Crippen molar-refractivity contribution in [1.82, 2.24) is 19.4 Å². The maximum atomic E-state index is 15.8. The predicted molar refractivity (Wildman–Crippen MR) is 157 cm³/mol.